The minimum atomic E-state index is 0.674. The molecule has 6 heterocycles. The van der Waals surface area contributed by atoms with Crippen LogP contribution in [-0.4, -0.2) is 29.9 Å². The fourth-order valence-electron chi connectivity index (χ4n) is 18.0. The fraction of sp³-hybridized carbons (Fsp3) is 0. The van der Waals surface area contributed by atoms with Gasteiger partial charge in [0.25, 0.3) is 0 Å². The maximum atomic E-state index is 7.28. The molecule has 0 fully saturated rings. The van der Waals surface area contributed by atoms with Gasteiger partial charge in [0.05, 0.1) is 33.8 Å². The molecular formula is C114H70N6O2. The molecule has 0 saturated heterocycles. The Morgan fingerprint density at radius 1 is 0.156 bits per heavy atom. The van der Waals surface area contributed by atoms with Crippen LogP contribution in [0.4, 0.5) is 0 Å². The summed E-state index contributed by atoms with van der Waals surface area (Å²) in [5.41, 5.74) is 22.5. The Balaban J connectivity index is 0.000000142. The van der Waals surface area contributed by atoms with E-state index in [9.17, 15) is 0 Å². The molecule has 0 saturated carbocycles. The molecule has 568 valence electrons. The topological polar surface area (TPSA) is 104 Å². The monoisotopic (exact) mass is 1550 g/mol. The summed E-state index contributed by atoms with van der Waals surface area (Å²) in [4.78, 5) is 30.9. The summed E-state index contributed by atoms with van der Waals surface area (Å²) in [6, 6.07) is 149. The van der Waals surface area contributed by atoms with Crippen LogP contribution in [0, 0.1) is 0 Å². The molecule has 8 heteroatoms. The number of hydrogen-bond donors (Lipinski definition) is 0. The second-order valence-electron chi connectivity index (χ2n) is 31.0. The SMILES string of the molecule is c1ccc(-c2cc(-c3ccc(-c4oc5c(-c6ccccc6)nc6ccccc6c5c4-c4ccc5c6ccccc6c6ccccc6c5c4)cc3)nc(-c3ccccc3)n2)cc1.c1ccc(-c2cc(-c3cccc(-c4oc5c(-c6ccccc6)nc6ccccc6c5c4-c4ccc5c6ccccc6c6ccccc6c5c4)c3)nc(-c3ccccc3)n2)cc1. The summed E-state index contributed by atoms with van der Waals surface area (Å²) < 4.78 is 14.5. The van der Waals surface area contributed by atoms with Crippen LogP contribution in [0.5, 0.6) is 0 Å². The van der Waals surface area contributed by atoms with Crippen LogP contribution in [0.25, 0.3) is 244 Å². The highest BCUT2D eigenvalue weighted by molar-refractivity contribution is 6.29. The number of furan rings is 2. The van der Waals surface area contributed by atoms with E-state index in [1.165, 1.54) is 64.6 Å². The van der Waals surface area contributed by atoms with Crippen molar-refractivity contribution in [3.63, 3.8) is 0 Å². The molecule has 0 N–H and O–H groups in total. The third kappa shape index (κ3) is 12.5. The van der Waals surface area contributed by atoms with Crippen LogP contribution in [-0.2, 0) is 0 Å². The third-order valence-electron chi connectivity index (χ3n) is 23.7. The van der Waals surface area contributed by atoms with E-state index in [0.29, 0.717) is 11.6 Å². The molecule has 0 atom stereocenters. The molecule has 24 rings (SSSR count). The van der Waals surface area contributed by atoms with E-state index in [4.69, 9.17) is 38.7 Å². The average molecular weight is 1560 g/mol. The van der Waals surface area contributed by atoms with Gasteiger partial charge in [-0.25, -0.2) is 29.9 Å². The summed E-state index contributed by atoms with van der Waals surface area (Å²) in [6.45, 7) is 0. The Morgan fingerprint density at radius 2 is 0.418 bits per heavy atom. The Morgan fingerprint density at radius 3 is 0.795 bits per heavy atom. The first-order chi connectivity index (χ1) is 60.5. The predicted molar refractivity (Wildman–Crippen MR) is 504 cm³/mol. The molecule has 0 aliphatic heterocycles. The minimum absolute atomic E-state index is 0.674. The lowest BCUT2D eigenvalue weighted by molar-refractivity contribution is 0.632. The second kappa shape index (κ2) is 29.9. The van der Waals surface area contributed by atoms with E-state index in [1.54, 1.807) is 0 Å². The number of rotatable bonds is 12. The molecule has 8 nitrogen and oxygen atoms in total. The highest BCUT2D eigenvalue weighted by Crippen LogP contribution is 2.52. The van der Waals surface area contributed by atoms with Gasteiger partial charge in [-0.2, -0.15) is 0 Å². The number of hydrogen-bond acceptors (Lipinski definition) is 8. The van der Waals surface area contributed by atoms with Gasteiger partial charge in [-0.3, -0.25) is 0 Å². The number of benzene rings is 18. The molecule has 0 amide bonds. The molecule has 0 radical (unpaired) electrons. The molecule has 0 bridgehead atoms. The standard InChI is InChI=1S/2C57H35N3O/c1-4-17-36(18-5-1)50-35-51(60-57(59-50)38-21-8-3-9-22-38)39-23-16-24-41(33-39)55-52(53-47-29-14-15-30-49(47)58-54(56(53)61-55)37-19-6-2-7-20-37)40-31-32-46-44-27-11-10-25-42(44)43-26-12-13-28-45(43)48(46)34-40;1-4-16-36(17-5-1)50-35-51(60-57(59-50)40-20-8-3-9-21-40)37-28-30-39(31-29-37)55-52(53-47-26-14-15-27-49(47)58-54(56(53)61-55)38-18-6-2-7-19-38)41-32-33-46-44-24-11-10-22-42(44)43-23-12-13-25-45(43)48(46)34-41/h2*1-35H. The summed E-state index contributed by atoms with van der Waals surface area (Å²) in [6.07, 6.45) is 0. The molecule has 0 aliphatic rings. The van der Waals surface area contributed by atoms with Crippen molar-refractivity contribution in [2.45, 2.75) is 0 Å². The van der Waals surface area contributed by atoms with Crippen molar-refractivity contribution < 1.29 is 8.83 Å². The van der Waals surface area contributed by atoms with Gasteiger partial charge in [-0.1, -0.05) is 382 Å². The highest BCUT2D eigenvalue weighted by atomic mass is 16.3. The Labute approximate surface area is 702 Å². The number of aromatic nitrogens is 6. The summed E-state index contributed by atoms with van der Waals surface area (Å²) in [7, 11) is 0. The van der Waals surface area contributed by atoms with Crippen molar-refractivity contribution in [3.05, 3.63) is 425 Å². The lowest BCUT2D eigenvalue weighted by atomic mass is 9.90. The van der Waals surface area contributed by atoms with Gasteiger partial charge in [0.15, 0.2) is 22.8 Å². The van der Waals surface area contributed by atoms with Crippen LogP contribution < -0.4 is 0 Å². The zero-order valence-corrected chi connectivity index (χ0v) is 65.9. The van der Waals surface area contributed by atoms with Crippen LogP contribution in [0.2, 0.25) is 0 Å². The maximum absolute atomic E-state index is 7.28. The van der Waals surface area contributed by atoms with E-state index in [1.807, 2.05) is 84.9 Å². The van der Waals surface area contributed by atoms with Crippen molar-refractivity contribution in [2.24, 2.45) is 0 Å². The summed E-state index contributed by atoms with van der Waals surface area (Å²) in [5.74, 6) is 2.92. The molecule has 0 aliphatic carbocycles. The van der Waals surface area contributed by atoms with Gasteiger partial charge >= 0.3 is 0 Å². The molecule has 24 aromatic rings. The maximum Gasteiger partial charge on any atom is 0.162 e. The zero-order chi connectivity index (χ0) is 80.6. The molecule has 18 aromatic carbocycles. The van der Waals surface area contributed by atoms with Crippen molar-refractivity contribution in [2.75, 3.05) is 0 Å². The van der Waals surface area contributed by atoms with Gasteiger partial charge in [0.1, 0.15) is 22.9 Å². The van der Waals surface area contributed by atoms with Crippen molar-refractivity contribution in [1.29, 1.82) is 0 Å². The summed E-state index contributed by atoms with van der Waals surface area (Å²) >= 11 is 0. The van der Waals surface area contributed by atoms with Crippen LogP contribution >= 0.6 is 0 Å². The lowest BCUT2D eigenvalue weighted by Gasteiger charge is -2.13. The van der Waals surface area contributed by atoms with Crippen molar-refractivity contribution in [1.82, 2.24) is 29.9 Å². The minimum Gasteiger partial charge on any atom is -0.453 e. The smallest absolute Gasteiger partial charge is 0.162 e. The molecule has 0 unspecified atom stereocenters. The lowest BCUT2D eigenvalue weighted by Crippen LogP contribution is -1.96. The number of fused-ring (bicyclic) bond motifs is 18. The second-order valence-corrected chi connectivity index (χ2v) is 31.0. The molecular weight excluding hydrogens is 1490 g/mol. The van der Waals surface area contributed by atoms with Crippen LogP contribution in [0.1, 0.15) is 0 Å². The van der Waals surface area contributed by atoms with Crippen LogP contribution in [0.15, 0.2) is 433 Å². The van der Waals surface area contributed by atoms with E-state index in [0.717, 1.165) is 167 Å². The van der Waals surface area contributed by atoms with Gasteiger partial charge in [0, 0.05) is 88.3 Å². The van der Waals surface area contributed by atoms with E-state index < -0.39 is 0 Å². The van der Waals surface area contributed by atoms with Gasteiger partial charge < -0.3 is 8.83 Å². The van der Waals surface area contributed by atoms with Gasteiger partial charge in [-0.15, -0.1) is 0 Å². The molecule has 6 aromatic heterocycles. The first-order valence-corrected chi connectivity index (χ1v) is 41.2. The first kappa shape index (κ1) is 70.9. The predicted octanol–water partition coefficient (Wildman–Crippen LogP) is 30.5. The number of nitrogens with zero attached hydrogens (tertiary/aromatic N) is 6. The highest BCUT2D eigenvalue weighted by Gasteiger charge is 2.29. The van der Waals surface area contributed by atoms with E-state index in [2.05, 4.69) is 340 Å². The molecule has 0 spiro atoms. The zero-order valence-electron chi connectivity index (χ0n) is 65.9. The average Bonchev–Trinajstić information content (AvgIpc) is 1.58. The normalized spacial score (nSPS) is 11.6. The van der Waals surface area contributed by atoms with Gasteiger partial charge in [-0.05, 0) is 118 Å². The van der Waals surface area contributed by atoms with Crippen LogP contribution in [0.3, 0.4) is 0 Å². The Hall–Kier alpha value is -16.4. The van der Waals surface area contributed by atoms with E-state index in [-0.39, 0.29) is 0 Å². The summed E-state index contributed by atoms with van der Waals surface area (Å²) in [5, 5.41) is 18.9. The van der Waals surface area contributed by atoms with E-state index >= 15 is 0 Å². The van der Waals surface area contributed by atoms with Crippen molar-refractivity contribution >= 4 is 108 Å². The Kier molecular flexibility index (Phi) is 17.4. The number of pyridine rings is 2. The molecule has 122 heavy (non-hydrogen) atoms. The fourth-order valence-corrected chi connectivity index (χ4v) is 18.0. The first-order valence-electron chi connectivity index (χ1n) is 41.2. The third-order valence-corrected chi connectivity index (χ3v) is 23.7. The van der Waals surface area contributed by atoms with Crippen molar-refractivity contribution in [3.8, 4) is 135 Å². The Bertz CT molecular complexity index is 8040. The number of para-hydroxylation sites is 2. The van der Waals surface area contributed by atoms with Gasteiger partial charge in [0.2, 0.25) is 0 Å². The largest absolute Gasteiger partial charge is 0.453 e. The quantitative estimate of drug-likeness (QED) is 0.111.